The van der Waals surface area contributed by atoms with Crippen LogP contribution in [0.15, 0.2) is 4.52 Å². The fourth-order valence-electron chi connectivity index (χ4n) is 3.28. The zero-order valence-electron chi connectivity index (χ0n) is 12.9. The molecule has 1 aromatic rings. The predicted octanol–water partition coefficient (Wildman–Crippen LogP) is 1.55. The summed E-state index contributed by atoms with van der Waals surface area (Å²) in [5, 5.41) is 14.0. The molecule has 2 fully saturated rings. The van der Waals surface area contributed by atoms with Gasteiger partial charge in [-0.15, -0.1) is 0 Å². The molecule has 0 spiro atoms. The van der Waals surface area contributed by atoms with E-state index in [1.165, 1.54) is 12.8 Å². The van der Waals surface area contributed by atoms with Gasteiger partial charge < -0.3 is 14.4 Å². The summed E-state index contributed by atoms with van der Waals surface area (Å²) in [6.07, 6.45) is 3.12. The number of aliphatic hydroxyl groups is 1. The van der Waals surface area contributed by atoms with Crippen LogP contribution in [0.25, 0.3) is 0 Å². The maximum absolute atomic E-state index is 9.95. The molecular formula is C15H25N3O3. The summed E-state index contributed by atoms with van der Waals surface area (Å²) in [6, 6.07) is 0.570. The van der Waals surface area contributed by atoms with Crippen molar-refractivity contribution in [2.24, 2.45) is 5.92 Å². The van der Waals surface area contributed by atoms with Gasteiger partial charge in [0, 0.05) is 12.6 Å². The number of rotatable bonds is 5. The number of nitrogens with zero attached hydrogens (tertiary/aromatic N) is 3. The van der Waals surface area contributed by atoms with E-state index in [0.29, 0.717) is 30.1 Å². The van der Waals surface area contributed by atoms with Crippen molar-refractivity contribution in [3.8, 4) is 0 Å². The van der Waals surface area contributed by atoms with Crippen molar-refractivity contribution < 1.29 is 14.4 Å². The topological polar surface area (TPSA) is 71.6 Å². The smallest absolute Gasteiger partial charge is 0.229 e. The maximum Gasteiger partial charge on any atom is 0.229 e. The molecule has 6 heteroatoms. The molecule has 3 heterocycles. The average Bonchev–Trinajstić information content (AvgIpc) is 3.04. The second-order valence-corrected chi connectivity index (χ2v) is 6.65. The molecule has 0 saturated carbocycles. The Balaban J connectivity index is 1.57. The lowest BCUT2D eigenvalue weighted by molar-refractivity contribution is -0.0548. The summed E-state index contributed by atoms with van der Waals surface area (Å²) in [5.41, 5.74) is 0. The molecule has 2 aliphatic rings. The highest BCUT2D eigenvalue weighted by Crippen LogP contribution is 2.28. The van der Waals surface area contributed by atoms with Crippen LogP contribution in [0, 0.1) is 5.92 Å². The Hall–Kier alpha value is -0.980. The van der Waals surface area contributed by atoms with E-state index >= 15 is 0 Å². The molecule has 21 heavy (non-hydrogen) atoms. The summed E-state index contributed by atoms with van der Waals surface area (Å²) in [7, 11) is 0. The number of hydrogen-bond donors (Lipinski definition) is 1. The van der Waals surface area contributed by atoms with Crippen molar-refractivity contribution in [3.05, 3.63) is 11.7 Å². The van der Waals surface area contributed by atoms with Gasteiger partial charge in [-0.2, -0.15) is 4.98 Å². The first kappa shape index (κ1) is 14.9. The summed E-state index contributed by atoms with van der Waals surface area (Å²) < 4.78 is 11.1. The number of aromatic nitrogens is 2. The highest BCUT2D eigenvalue weighted by molar-refractivity contribution is 4.97. The van der Waals surface area contributed by atoms with Gasteiger partial charge in [0.05, 0.1) is 19.1 Å². The van der Waals surface area contributed by atoms with Gasteiger partial charge in [0.25, 0.3) is 0 Å². The van der Waals surface area contributed by atoms with Gasteiger partial charge in [-0.05, 0) is 31.7 Å². The molecule has 2 aliphatic heterocycles. The summed E-state index contributed by atoms with van der Waals surface area (Å²) in [5.74, 6) is 1.58. The number of hydrogen-bond acceptors (Lipinski definition) is 6. The molecular weight excluding hydrogens is 270 g/mol. The lowest BCUT2D eigenvalue weighted by Crippen LogP contribution is -2.42. The van der Waals surface area contributed by atoms with Crippen molar-refractivity contribution in [2.45, 2.75) is 57.8 Å². The first-order valence-corrected chi connectivity index (χ1v) is 7.98. The van der Waals surface area contributed by atoms with E-state index in [9.17, 15) is 5.11 Å². The van der Waals surface area contributed by atoms with E-state index < -0.39 is 6.10 Å². The number of aliphatic hydroxyl groups excluding tert-OH is 1. The molecule has 1 N–H and O–H groups in total. The Morgan fingerprint density at radius 2 is 2.29 bits per heavy atom. The normalized spacial score (nSPS) is 28.0. The number of ether oxygens (including phenoxy) is 1. The fourth-order valence-corrected chi connectivity index (χ4v) is 3.28. The van der Waals surface area contributed by atoms with Gasteiger partial charge in [0.15, 0.2) is 0 Å². The molecule has 0 aromatic carbocycles. The zero-order chi connectivity index (χ0) is 14.8. The van der Waals surface area contributed by atoms with Crippen LogP contribution >= 0.6 is 0 Å². The van der Waals surface area contributed by atoms with Crippen LogP contribution in [0.1, 0.15) is 50.9 Å². The maximum atomic E-state index is 9.95. The van der Waals surface area contributed by atoms with Crippen LogP contribution in [0.5, 0.6) is 0 Å². The third-order valence-corrected chi connectivity index (χ3v) is 4.31. The second kappa shape index (κ2) is 6.42. The van der Waals surface area contributed by atoms with Crippen LogP contribution in [0.3, 0.4) is 0 Å². The Kier molecular flexibility index (Phi) is 4.57. The van der Waals surface area contributed by atoms with E-state index in [-0.39, 0.29) is 6.10 Å². The average molecular weight is 295 g/mol. The lowest BCUT2D eigenvalue weighted by atomic mass is 10.0. The predicted molar refractivity (Wildman–Crippen MR) is 76.8 cm³/mol. The monoisotopic (exact) mass is 295 g/mol. The van der Waals surface area contributed by atoms with Crippen molar-refractivity contribution in [2.75, 3.05) is 19.7 Å². The molecule has 1 aromatic heterocycles. The first-order chi connectivity index (χ1) is 10.1. The van der Waals surface area contributed by atoms with Crippen molar-refractivity contribution in [3.63, 3.8) is 0 Å². The highest BCUT2D eigenvalue weighted by atomic mass is 16.5. The molecule has 6 nitrogen and oxygen atoms in total. The number of fused-ring (bicyclic) bond motifs is 1. The van der Waals surface area contributed by atoms with E-state index in [0.717, 1.165) is 26.1 Å². The quantitative estimate of drug-likeness (QED) is 0.888. The van der Waals surface area contributed by atoms with E-state index in [2.05, 4.69) is 28.9 Å². The minimum absolute atomic E-state index is 0.0981. The second-order valence-electron chi connectivity index (χ2n) is 6.65. The van der Waals surface area contributed by atoms with Gasteiger partial charge in [-0.3, -0.25) is 4.90 Å². The van der Waals surface area contributed by atoms with E-state index in [4.69, 9.17) is 9.26 Å². The van der Waals surface area contributed by atoms with E-state index in [1.807, 2.05) is 0 Å². The zero-order valence-corrected chi connectivity index (χ0v) is 12.9. The minimum Gasteiger partial charge on any atom is -0.393 e. The Morgan fingerprint density at radius 1 is 1.43 bits per heavy atom. The third kappa shape index (κ3) is 3.62. The fraction of sp³-hybridized carbons (Fsp3) is 0.867. The summed E-state index contributed by atoms with van der Waals surface area (Å²) in [4.78, 5) is 6.86. The minimum atomic E-state index is -0.423. The molecule has 3 rings (SSSR count). The van der Waals surface area contributed by atoms with Crippen LogP contribution in [0.2, 0.25) is 0 Å². The van der Waals surface area contributed by atoms with Crippen molar-refractivity contribution >= 4 is 0 Å². The van der Waals surface area contributed by atoms with Crippen molar-refractivity contribution in [1.29, 1.82) is 0 Å². The lowest BCUT2D eigenvalue weighted by Gasteiger charge is -2.33. The number of morpholine rings is 1. The largest absolute Gasteiger partial charge is 0.393 e. The van der Waals surface area contributed by atoms with Gasteiger partial charge in [-0.25, -0.2) is 0 Å². The SMILES string of the molecule is CC(C)CC(O)Cc1nc(C2CN3CCCC3CO2)no1. The summed E-state index contributed by atoms with van der Waals surface area (Å²) in [6.45, 7) is 6.92. The molecule has 0 aliphatic carbocycles. The van der Waals surface area contributed by atoms with Crippen LogP contribution < -0.4 is 0 Å². The molecule has 0 radical (unpaired) electrons. The highest BCUT2D eigenvalue weighted by Gasteiger charge is 2.34. The molecule has 0 bridgehead atoms. The van der Waals surface area contributed by atoms with Crippen LogP contribution in [-0.2, 0) is 11.2 Å². The molecule has 118 valence electrons. The standard InChI is InChI=1S/C15H25N3O3/c1-10(2)6-12(19)7-14-16-15(17-21-14)13-8-18-5-3-4-11(18)9-20-13/h10-13,19H,3-9H2,1-2H3. The van der Waals surface area contributed by atoms with Crippen molar-refractivity contribution in [1.82, 2.24) is 15.0 Å². The molecule has 2 saturated heterocycles. The summed E-state index contributed by atoms with van der Waals surface area (Å²) >= 11 is 0. The van der Waals surface area contributed by atoms with Gasteiger partial charge >= 0.3 is 0 Å². The molecule has 3 unspecified atom stereocenters. The Bertz CT molecular complexity index is 463. The Morgan fingerprint density at radius 3 is 3.10 bits per heavy atom. The first-order valence-electron chi connectivity index (χ1n) is 7.98. The van der Waals surface area contributed by atoms with E-state index in [1.54, 1.807) is 0 Å². The van der Waals surface area contributed by atoms with Crippen LogP contribution in [0.4, 0.5) is 0 Å². The third-order valence-electron chi connectivity index (χ3n) is 4.31. The van der Waals surface area contributed by atoms with Gasteiger partial charge in [0.1, 0.15) is 6.10 Å². The van der Waals surface area contributed by atoms with Crippen LogP contribution in [-0.4, -0.2) is 52.0 Å². The van der Waals surface area contributed by atoms with Gasteiger partial charge in [0.2, 0.25) is 11.7 Å². The molecule has 0 amide bonds. The molecule has 3 atom stereocenters. The Labute approximate surface area is 125 Å². The van der Waals surface area contributed by atoms with Gasteiger partial charge in [-0.1, -0.05) is 19.0 Å².